The van der Waals surface area contributed by atoms with E-state index in [1.165, 1.54) is 13.2 Å². The Labute approximate surface area is 91.6 Å². The van der Waals surface area contributed by atoms with E-state index in [1.807, 2.05) is 12.1 Å². The van der Waals surface area contributed by atoms with Gasteiger partial charge in [-0.15, -0.1) is 0 Å². The van der Waals surface area contributed by atoms with Crippen molar-refractivity contribution in [2.45, 2.75) is 6.92 Å². The summed E-state index contributed by atoms with van der Waals surface area (Å²) in [6.45, 7) is 1.46. The molecule has 2 aromatic rings. The Morgan fingerprint density at radius 3 is 2.60 bits per heavy atom. The van der Waals surface area contributed by atoms with E-state index in [2.05, 4.69) is 5.16 Å². The highest BCUT2D eigenvalue weighted by Crippen LogP contribution is 2.24. The van der Waals surface area contributed by atoms with Crippen molar-refractivity contribution in [3.63, 3.8) is 0 Å². The molecule has 0 spiro atoms. The summed E-state index contributed by atoms with van der Waals surface area (Å²) in [5, 5.41) is 4.31. The van der Waals surface area contributed by atoms with Crippen molar-refractivity contribution in [3.05, 3.63) is 41.2 Å². The van der Waals surface area contributed by atoms with Gasteiger partial charge in [0.05, 0.1) is 5.56 Å². The number of aromatic nitrogens is 1. The zero-order valence-corrected chi connectivity index (χ0v) is 8.78. The van der Waals surface area contributed by atoms with Gasteiger partial charge in [-0.05, 0) is 17.7 Å². The maximum Gasteiger partial charge on any atom is 0.182 e. The first-order chi connectivity index (χ1) is 7.18. The second kappa shape index (κ2) is 3.87. The fourth-order valence-electron chi connectivity index (χ4n) is 1.32. The topological polar surface area (TPSA) is 43.1 Å². The molecule has 0 unspecified atom stereocenters. The number of hydrogen-bond donors (Lipinski definition) is 0. The van der Waals surface area contributed by atoms with Crippen LogP contribution in [0.5, 0.6) is 0 Å². The van der Waals surface area contributed by atoms with Gasteiger partial charge < -0.3 is 4.52 Å². The summed E-state index contributed by atoms with van der Waals surface area (Å²) >= 11 is 5.77. The molecule has 0 bridgehead atoms. The molecule has 0 amide bonds. The molecular weight excluding hydrogens is 214 g/mol. The third-order valence-corrected chi connectivity index (χ3v) is 2.31. The second-order valence-electron chi connectivity index (χ2n) is 3.14. The maximum atomic E-state index is 11.2. The molecule has 0 aliphatic carbocycles. The summed E-state index contributed by atoms with van der Waals surface area (Å²) in [5.74, 6) is -0.117. The molecule has 0 atom stereocenters. The number of nitrogens with zero attached hydrogens (tertiary/aromatic N) is 1. The number of rotatable bonds is 2. The number of hydrogen-bond acceptors (Lipinski definition) is 3. The summed E-state index contributed by atoms with van der Waals surface area (Å²) in [6, 6.07) is 7.16. The third kappa shape index (κ3) is 1.92. The standard InChI is InChI=1S/C11H8ClNO2/c1-7(14)11-10(6-15-13-11)8-2-4-9(12)5-3-8/h2-6H,1H3. The lowest BCUT2D eigenvalue weighted by atomic mass is 10.1. The van der Waals surface area contributed by atoms with Gasteiger partial charge in [0.2, 0.25) is 0 Å². The van der Waals surface area contributed by atoms with Gasteiger partial charge in [0, 0.05) is 11.9 Å². The number of halogens is 1. The van der Waals surface area contributed by atoms with E-state index in [0.717, 1.165) is 5.56 Å². The highest BCUT2D eigenvalue weighted by Gasteiger charge is 2.13. The van der Waals surface area contributed by atoms with Gasteiger partial charge in [-0.1, -0.05) is 28.9 Å². The number of Topliss-reactive ketones (excluding diaryl/α,β-unsaturated/α-hetero) is 1. The Balaban J connectivity index is 2.49. The molecule has 0 radical (unpaired) electrons. The van der Waals surface area contributed by atoms with Gasteiger partial charge in [0.25, 0.3) is 0 Å². The molecule has 2 rings (SSSR count). The van der Waals surface area contributed by atoms with Gasteiger partial charge in [0.1, 0.15) is 6.26 Å². The van der Waals surface area contributed by atoms with Crippen molar-refractivity contribution in [2.24, 2.45) is 0 Å². The molecule has 0 N–H and O–H groups in total. The van der Waals surface area contributed by atoms with Crippen LogP contribution in [0.3, 0.4) is 0 Å². The molecule has 4 heteroatoms. The van der Waals surface area contributed by atoms with Crippen molar-refractivity contribution in [2.75, 3.05) is 0 Å². The largest absolute Gasteiger partial charge is 0.363 e. The Morgan fingerprint density at radius 2 is 2.00 bits per heavy atom. The highest BCUT2D eigenvalue weighted by atomic mass is 35.5. The van der Waals surface area contributed by atoms with E-state index in [0.29, 0.717) is 16.3 Å². The minimum Gasteiger partial charge on any atom is -0.363 e. The van der Waals surface area contributed by atoms with E-state index in [9.17, 15) is 4.79 Å². The van der Waals surface area contributed by atoms with Gasteiger partial charge >= 0.3 is 0 Å². The Kier molecular flexibility index (Phi) is 2.56. The second-order valence-corrected chi connectivity index (χ2v) is 3.58. The summed E-state index contributed by atoms with van der Waals surface area (Å²) < 4.78 is 4.79. The number of ketones is 1. The molecule has 3 nitrogen and oxygen atoms in total. The van der Waals surface area contributed by atoms with Gasteiger partial charge in [-0.2, -0.15) is 0 Å². The zero-order valence-electron chi connectivity index (χ0n) is 8.03. The third-order valence-electron chi connectivity index (χ3n) is 2.06. The van der Waals surface area contributed by atoms with Crippen molar-refractivity contribution in [3.8, 4) is 11.1 Å². The van der Waals surface area contributed by atoms with Crippen LogP contribution in [-0.4, -0.2) is 10.9 Å². The Hall–Kier alpha value is -1.61. The van der Waals surface area contributed by atoms with E-state index in [4.69, 9.17) is 16.1 Å². The fraction of sp³-hybridized carbons (Fsp3) is 0.0909. The van der Waals surface area contributed by atoms with Crippen LogP contribution in [0.1, 0.15) is 17.4 Å². The molecule has 1 aromatic heterocycles. The molecular formula is C11H8ClNO2. The van der Waals surface area contributed by atoms with Crippen LogP contribution in [0.15, 0.2) is 35.1 Å². The monoisotopic (exact) mass is 221 g/mol. The number of carbonyl (C=O) groups is 1. The zero-order chi connectivity index (χ0) is 10.8. The van der Waals surface area contributed by atoms with Gasteiger partial charge in [0.15, 0.2) is 11.5 Å². The summed E-state index contributed by atoms with van der Waals surface area (Å²) in [6.07, 6.45) is 1.46. The summed E-state index contributed by atoms with van der Waals surface area (Å²) in [4.78, 5) is 11.2. The highest BCUT2D eigenvalue weighted by molar-refractivity contribution is 6.30. The predicted molar refractivity (Wildman–Crippen MR) is 57.0 cm³/mol. The first-order valence-electron chi connectivity index (χ1n) is 4.40. The lowest BCUT2D eigenvalue weighted by molar-refractivity contribution is 0.101. The van der Waals surface area contributed by atoms with Gasteiger partial charge in [-0.25, -0.2) is 0 Å². The van der Waals surface area contributed by atoms with Crippen molar-refractivity contribution in [1.82, 2.24) is 5.16 Å². The van der Waals surface area contributed by atoms with Crippen LogP contribution < -0.4 is 0 Å². The van der Waals surface area contributed by atoms with E-state index >= 15 is 0 Å². The van der Waals surface area contributed by atoms with Gasteiger partial charge in [-0.3, -0.25) is 4.79 Å². The lowest BCUT2D eigenvalue weighted by Gasteiger charge is -1.98. The first kappa shape index (κ1) is 9.93. The van der Waals surface area contributed by atoms with Crippen LogP contribution in [0.25, 0.3) is 11.1 Å². The molecule has 0 fully saturated rings. The van der Waals surface area contributed by atoms with Crippen molar-refractivity contribution >= 4 is 17.4 Å². The SMILES string of the molecule is CC(=O)c1nocc1-c1ccc(Cl)cc1. The Bertz CT molecular complexity index is 488. The maximum absolute atomic E-state index is 11.2. The molecule has 15 heavy (non-hydrogen) atoms. The molecule has 76 valence electrons. The minimum absolute atomic E-state index is 0.117. The minimum atomic E-state index is -0.117. The summed E-state index contributed by atoms with van der Waals surface area (Å²) in [7, 11) is 0. The molecule has 0 saturated carbocycles. The predicted octanol–water partition coefficient (Wildman–Crippen LogP) is 3.20. The molecule has 1 heterocycles. The lowest BCUT2D eigenvalue weighted by Crippen LogP contribution is -1.94. The first-order valence-corrected chi connectivity index (χ1v) is 4.77. The van der Waals surface area contributed by atoms with Crippen molar-refractivity contribution in [1.29, 1.82) is 0 Å². The van der Waals surface area contributed by atoms with Crippen LogP contribution in [0.2, 0.25) is 5.02 Å². The molecule has 0 saturated heterocycles. The van der Waals surface area contributed by atoms with E-state index < -0.39 is 0 Å². The smallest absolute Gasteiger partial charge is 0.182 e. The molecule has 0 aliphatic heterocycles. The number of carbonyl (C=O) groups excluding carboxylic acids is 1. The number of benzene rings is 1. The van der Waals surface area contributed by atoms with E-state index in [-0.39, 0.29) is 5.78 Å². The average molecular weight is 222 g/mol. The Morgan fingerprint density at radius 1 is 1.33 bits per heavy atom. The molecule has 1 aromatic carbocycles. The van der Waals surface area contributed by atoms with Crippen molar-refractivity contribution < 1.29 is 9.32 Å². The van der Waals surface area contributed by atoms with Crippen LogP contribution in [-0.2, 0) is 0 Å². The van der Waals surface area contributed by atoms with Crippen LogP contribution in [0.4, 0.5) is 0 Å². The van der Waals surface area contributed by atoms with E-state index in [1.54, 1.807) is 12.1 Å². The van der Waals surface area contributed by atoms with Crippen LogP contribution in [0, 0.1) is 0 Å². The molecule has 0 aliphatic rings. The summed E-state index contributed by atoms with van der Waals surface area (Å²) in [5.41, 5.74) is 1.90. The average Bonchev–Trinajstić information content (AvgIpc) is 2.67. The normalized spacial score (nSPS) is 10.3. The quantitative estimate of drug-likeness (QED) is 0.732. The van der Waals surface area contributed by atoms with Crippen LogP contribution >= 0.6 is 11.6 Å². The fourth-order valence-corrected chi connectivity index (χ4v) is 1.45.